The molecule has 1 aromatic heterocycles. The zero-order chi connectivity index (χ0) is 25.3. The number of aryl methyl sites for hydroxylation is 1. The van der Waals surface area contributed by atoms with Gasteiger partial charge in [-0.05, 0) is 71.3 Å². The molecule has 0 spiro atoms. The van der Waals surface area contributed by atoms with E-state index in [1.54, 1.807) is 43.3 Å². The van der Waals surface area contributed by atoms with Crippen molar-refractivity contribution in [2.24, 2.45) is 5.92 Å². The van der Waals surface area contributed by atoms with E-state index in [4.69, 9.17) is 9.84 Å². The number of H-pyrrole nitrogens is 1. The predicted molar refractivity (Wildman–Crippen MR) is 136 cm³/mol. The van der Waals surface area contributed by atoms with Gasteiger partial charge in [0.25, 0.3) is 5.91 Å². The molecule has 4 rings (SSSR count). The first kappa shape index (κ1) is 25.1. The van der Waals surface area contributed by atoms with Crippen molar-refractivity contribution in [3.63, 3.8) is 0 Å². The van der Waals surface area contributed by atoms with Crippen LogP contribution in [0, 0.1) is 22.2 Å². The molecular formula is C25H26FIN4O4. The Labute approximate surface area is 216 Å². The number of urea groups is 1. The van der Waals surface area contributed by atoms with Gasteiger partial charge < -0.3 is 20.1 Å². The molecule has 2 aromatic carbocycles. The van der Waals surface area contributed by atoms with Gasteiger partial charge in [0.1, 0.15) is 36.1 Å². The van der Waals surface area contributed by atoms with Gasteiger partial charge in [-0.15, -0.1) is 0 Å². The van der Waals surface area contributed by atoms with Gasteiger partial charge in [0.2, 0.25) is 0 Å². The summed E-state index contributed by atoms with van der Waals surface area (Å²) in [4.78, 5) is 35.4. The van der Waals surface area contributed by atoms with Gasteiger partial charge >= 0.3 is 6.03 Å². The zero-order valence-corrected chi connectivity index (χ0v) is 21.7. The van der Waals surface area contributed by atoms with Crippen LogP contribution < -0.4 is 10.1 Å². The Morgan fingerprint density at radius 3 is 2.54 bits per heavy atom. The molecule has 184 valence electrons. The van der Waals surface area contributed by atoms with Crippen LogP contribution in [0.25, 0.3) is 11.3 Å². The van der Waals surface area contributed by atoms with Crippen molar-refractivity contribution in [3.05, 3.63) is 68.9 Å². The van der Waals surface area contributed by atoms with E-state index >= 15 is 0 Å². The number of amides is 3. The second-order valence-electron chi connectivity index (χ2n) is 8.63. The van der Waals surface area contributed by atoms with Gasteiger partial charge in [-0.25, -0.2) is 14.2 Å². The molecule has 0 radical (unpaired) electrons. The van der Waals surface area contributed by atoms with E-state index in [1.165, 1.54) is 11.0 Å². The summed E-state index contributed by atoms with van der Waals surface area (Å²) in [6.45, 7) is 5.62. The lowest BCUT2D eigenvalue weighted by Gasteiger charge is -2.27. The lowest BCUT2D eigenvalue weighted by atomic mass is 10.0. The fourth-order valence-electron chi connectivity index (χ4n) is 4.22. The van der Waals surface area contributed by atoms with Gasteiger partial charge in [-0.1, -0.05) is 26.0 Å². The van der Waals surface area contributed by atoms with Crippen LogP contribution in [0.3, 0.4) is 0 Å². The highest BCUT2D eigenvalue weighted by molar-refractivity contribution is 14.1. The molecule has 0 saturated carbocycles. The highest BCUT2D eigenvalue weighted by Crippen LogP contribution is 2.36. The Balaban J connectivity index is 1.63. The van der Waals surface area contributed by atoms with Crippen LogP contribution in [-0.4, -0.2) is 45.1 Å². The van der Waals surface area contributed by atoms with E-state index in [9.17, 15) is 14.0 Å². The molecule has 1 unspecified atom stereocenters. The third-order valence-electron chi connectivity index (χ3n) is 5.84. The monoisotopic (exact) mass is 592 g/mol. The largest absolute Gasteiger partial charge is 0.491 e. The second kappa shape index (κ2) is 10.3. The Bertz CT molecular complexity index is 1240. The number of halogens is 2. The van der Waals surface area contributed by atoms with Crippen molar-refractivity contribution < 1.29 is 23.8 Å². The lowest BCUT2D eigenvalue weighted by Crippen LogP contribution is -2.38. The average molecular weight is 592 g/mol. The summed E-state index contributed by atoms with van der Waals surface area (Å²) in [7, 11) is 0. The number of ether oxygens (including phenoxy) is 1. The second-order valence-corrected chi connectivity index (χ2v) is 9.87. The van der Waals surface area contributed by atoms with Gasteiger partial charge in [-0.2, -0.15) is 0 Å². The molecule has 8 nitrogen and oxygen atoms in total. The summed E-state index contributed by atoms with van der Waals surface area (Å²) in [5.41, 5.74) is 2.08. The molecule has 3 N–H and O–H groups in total. The highest BCUT2D eigenvalue weighted by Gasteiger charge is 2.45. The zero-order valence-electron chi connectivity index (χ0n) is 19.5. The van der Waals surface area contributed by atoms with Crippen LogP contribution in [-0.2, 0) is 4.79 Å². The van der Waals surface area contributed by atoms with Gasteiger partial charge in [0.05, 0.1) is 18.0 Å². The molecule has 3 amide bonds. The van der Waals surface area contributed by atoms with Gasteiger partial charge in [-0.3, -0.25) is 9.69 Å². The summed E-state index contributed by atoms with van der Waals surface area (Å²) < 4.78 is 20.8. The number of aliphatic hydroxyl groups excluding tert-OH is 1. The van der Waals surface area contributed by atoms with E-state index in [2.05, 4.69) is 15.3 Å². The minimum atomic E-state index is -0.847. The van der Waals surface area contributed by atoms with Crippen molar-refractivity contribution in [3.8, 4) is 17.0 Å². The molecule has 35 heavy (non-hydrogen) atoms. The smallest absolute Gasteiger partial charge is 0.325 e. The number of imidazole rings is 1. The normalized spacial score (nSPS) is 16.7. The first-order valence-corrected chi connectivity index (χ1v) is 12.3. The van der Waals surface area contributed by atoms with Crippen LogP contribution >= 0.6 is 22.6 Å². The Kier molecular flexibility index (Phi) is 7.41. The van der Waals surface area contributed by atoms with Gasteiger partial charge in [0, 0.05) is 9.13 Å². The minimum Gasteiger partial charge on any atom is -0.491 e. The molecule has 0 aliphatic carbocycles. The molecule has 1 aliphatic heterocycles. The minimum absolute atomic E-state index is 0.103. The molecule has 2 atom stereocenters. The van der Waals surface area contributed by atoms with Crippen molar-refractivity contribution in [1.82, 2.24) is 20.2 Å². The summed E-state index contributed by atoms with van der Waals surface area (Å²) >= 11 is 2.05. The number of carbonyl (C=O) groups excluding carboxylic acids is 2. The van der Waals surface area contributed by atoms with E-state index in [-0.39, 0.29) is 24.9 Å². The first-order valence-electron chi connectivity index (χ1n) is 11.2. The van der Waals surface area contributed by atoms with Crippen LogP contribution in [0.1, 0.15) is 43.0 Å². The number of nitrogens with zero attached hydrogens (tertiary/aromatic N) is 2. The SMILES string of the molecule is Cc1nc([C@H](C(C)C)N2C(=O)NC(c3ccc(OCCO)cc3)C2=O)[nH]c1-c1ccc(I)cc1F. The summed E-state index contributed by atoms with van der Waals surface area (Å²) in [6, 6.07) is 9.68. The Hall–Kier alpha value is -2.99. The fraction of sp³-hybridized carbons (Fsp3) is 0.320. The third-order valence-corrected chi connectivity index (χ3v) is 6.51. The molecule has 10 heteroatoms. The maximum atomic E-state index is 14.6. The summed E-state index contributed by atoms with van der Waals surface area (Å²) in [6.07, 6.45) is 0. The van der Waals surface area contributed by atoms with E-state index in [0.717, 1.165) is 3.57 Å². The maximum absolute atomic E-state index is 14.6. The quantitative estimate of drug-likeness (QED) is 0.264. The molecule has 1 saturated heterocycles. The van der Waals surface area contributed by atoms with Gasteiger partial charge in [0.15, 0.2) is 0 Å². The van der Waals surface area contributed by atoms with E-state index in [0.29, 0.717) is 34.1 Å². The molecule has 3 aromatic rings. The first-order chi connectivity index (χ1) is 16.7. The van der Waals surface area contributed by atoms with Crippen LogP contribution in [0.5, 0.6) is 5.75 Å². The molecule has 0 bridgehead atoms. The number of aromatic amines is 1. The van der Waals surface area contributed by atoms with Crippen molar-refractivity contribution in [2.75, 3.05) is 13.2 Å². The van der Waals surface area contributed by atoms with E-state index in [1.807, 2.05) is 36.4 Å². The number of carbonyl (C=O) groups is 2. The molecule has 2 heterocycles. The average Bonchev–Trinajstić information content (AvgIpc) is 3.32. The third kappa shape index (κ3) is 5.03. The van der Waals surface area contributed by atoms with E-state index < -0.39 is 24.0 Å². The van der Waals surface area contributed by atoms with Crippen molar-refractivity contribution >= 4 is 34.5 Å². The molecule has 1 fully saturated rings. The number of aliphatic hydroxyl groups is 1. The maximum Gasteiger partial charge on any atom is 0.325 e. The molecule has 1 aliphatic rings. The van der Waals surface area contributed by atoms with Crippen LogP contribution in [0.15, 0.2) is 42.5 Å². The predicted octanol–water partition coefficient (Wildman–Crippen LogP) is 4.49. The topological polar surface area (TPSA) is 108 Å². The Morgan fingerprint density at radius 1 is 1.20 bits per heavy atom. The standard InChI is InChI=1S/C25H26FIN4O4/c1-13(2)22(23-28-14(3)20(29-23)18-9-6-16(27)12-19(18)26)31-24(33)21(30-25(31)34)15-4-7-17(8-5-15)35-11-10-32/h4-9,12-13,21-22,32H,10-11H2,1-3H3,(H,28,29)(H,30,34)/t21?,22-/m0/s1. The summed E-state index contributed by atoms with van der Waals surface area (Å²) in [5.74, 6) is 0.0458. The highest BCUT2D eigenvalue weighted by atomic mass is 127. The number of nitrogens with one attached hydrogen (secondary N) is 2. The van der Waals surface area contributed by atoms with Crippen molar-refractivity contribution in [2.45, 2.75) is 32.9 Å². The number of hydrogen-bond donors (Lipinski definition) is 3. The van der Waals surface area contributed by atoms with Crippen LogP contribution in [0.4, 0.5) is 9.18 Å². The summed E-state index contributed by atoms with van der Waals surface area (Å²) in [5, 5.41) is 11.7. The van der Waals surface area contributed by atoms with Crippen molar-refractivity contribution in [1.29, 1.82) is 0 Å². The molecular weight excluding hydrogens is 566 g/mol. The fourth-order valence-corrected chi connectivity index (χ4v) is 4.67. The number of rotatable bonds is 8. The van der Waals surface area contributed by atoms with Crippen LogP contribution in [0.2, 0.25) is 0 Å². The number of hydrogen-bond acceptors (Lipinski definition) is 5. The number of benzene rings is 2. The Morgan fingerprint density at radius 2 is 1.91 bits per heavy atom. The number of aromatic nitrogens is 2. The lowest BCUT2D eigenvalue weighted by molar-refractivity contribution is -0.130. The number of imide groups is 1.